The Balaban J connectivity index is 1.82. The van der Waals surface area contributed by atoms with Gasteiger partial charge in [0.15, 0.2) is 5.94 Å². The maximum Gasteiger partial charge on any atom is 0.308 e. The molecule has 142 valence electrons. The molecule has 0 saturated heterocycles. The van der Waals surface area contributed by atoms with Crippen LogP contribution in [0.25, 0.3) is 27.9 Å². The van der Waals surface area contributed by atoms with Crippen molar-refractivity contribution in [2.75, 3.05) is 13.7 Å². The number of hydroxylamine groups is 2. The second kappa shape index (κ2) is 7.31. The summed E-state index contributed by atoms with van der Waals surface area (Å²) in [5.41, 5.74) is 3.73. The van der Waals surface area contributed by atoms with Crippen molar-refractivity contribution >= 4 is 28.6 Å². The number of carbonyl (C=O) groups is 1. The molecule has 3 heterocycles. The summed E-state index contributed by atoms with van der Waals surface area (Å²) in [4.78, 5) is 33.2. The Morgan fingerprint density at radius 2 is 1.96 bits per heavy atom. The zero-order chi connectivity index (χ0) is 19.7. The summed E-state index contributed by atoms with van der Waals surface area (Å²) < 4.78 is 6.87. The van der Waals surface area contributed by atoms with Gasteiger partial charge < -0.3 is 4.74 Å². The Morgan fingerprint density at radius 1 is 1.18 bits per heavy atom. The van der Waals surface area contributed by atoms with Gasteiger partial charge in [0, 0.05) is 17.8 Å². The average Bonchev–Trinajstić information content (AvgIpc) is 3.22. The molecule has 1 atom stereocenters. The molecule has 28 heavy (non-hydrogen) atoms. The smallest absolute Gasteiger partial charge is 0.308 e. The molecule has 1 aromatic carbocycles. The van der Waals surface area contributed by atoms with E-state index < -0.39 is 6.04 Å². The molecule has 7 heteroatoms. The second-order valence-electron chi connectivity index (χ2n) is 6.37. The molecule has 0 fully saturated rings. The molecule has 1 aliphatic heterocycles. The maximum atomic E-state index is 12.1. The summed E-state index contributed by atoms with van der Waals surface area (Å²) in [5.74, 6) is 1.82. The molecule has 7 nitrogen and oxygen atoms in total. The number of benzene rings is 1. The molecule has 0 amide bonds. The number of pyridine rings is 1. The van der Waals surface area contributed by atoms with Crippen LogP contribution in [0.2, 0.25) is 0 Å². The van der Waals surface area contributed by atoms with Crippen molar-refractivity contribution in [2.24, 2.45) is 0 Å². The molecular formula is C21H19N3O4. The molecule has 0 radical (unpaired) electrons. The summed E-state index contributed by atoms with van der Waals surface area (Å²) in [6.07, 6.45) is 3.57. The van der Waals surface area contributed by atoms with Gasteiger partial charge in [-0.1, -0.05) is 6.07 Å². The number of fused-ring (bicyclic) bond motifs is 3. The summed E-state index contributed by atoms with van der Waals surface area (Å²) in [5, 5.41) is 2.37. The van der Waals surface area contributed by atoms with Crippen LogP contribution < -0.4 is 0 Å². The SMILES string of the molecule is CCOC(=O)CC1c2cc3cc(-c4ccncc4)ccc3n2C(=C=O)N1OC. The first-order valence-electron chi connectivity index (χ1n) is 8.98. The fraction of sp³-hybridized carbons (Fsp3) is 0.238. The van der Waals surface area contributed by atoms with Crippen molar-refractivity contribution in [3.63, 3.8) is 0 Å². The Hall–Kier alpha value is -3.41. The molecule has 0 bridgehead atoms. The first kappa shape index (κ1) is 18.0. The third kappa shape index (κ3) is 2.87. The molecular weight excluding hydrogens is 358 g/mol. The predicted octanol–water partition coefficient (Wildman–Crippen LogP) is 3.20. The second-order valence-corrected chi connectivity index (χ2v) is 6.37. The molecule has 0 spiro atoms. The van der Waals surface area contributed by atoms with Gasteiger partial charge in [0.25, 0.3) is 0 Å². The van der Waals surface area contributed by atoms with E-state index in [0.29, 0.717) is 6.61 Å². The number of esters is 1. The number of ether oxygens (including phenoxy) is 1. The molecule has 0 aliphatic carbocycles. The Labute approximate surface area is 161 Å². The van der Waals surface area contributed by atoms with Gasteiger partial charge in [0.05, 0.1) is 31.3 Å². The largest absolute Gasteiger partial charge is 0.466 e. The van der Waals surface area contributed by atoms with E-state index in [9.17, 15) is 9.59 Å². The van der Waals surface area contributed by atoms with E-state index >= 15 is 0 Å². The Morgan fingerprint density at radius 3 is 2.64 bits per heavy atom. The van der Waals surface area contributed by atoms with E-state index in [-0.39, 0.29) is 18.2 Å². The van der Waals surface area contributed by atoms with E-state index in [1.54, 1.807) is 23.9 Å². The van der Waals surface area contributed by atoms with Gasteiger partial charge in [-0.15, -0.1) is 0 Å². The molecule has 1 unspecified atom stereocenters. The van der Waals surface area contributed by atoms with Crippen LogP contribution in [-0.4, -0.2) is 40.2 Å². The maximum absolute atomic E-state index is 12.1. The fourth-order valence-electron chi connectivity index (χ4n) is 3.68. The van der Waals surface area contributed by atoms with Crippen LogP contribution in [-0.2, 0) is 19.2 Å². The molecule has 0 N–H and O–H groups in total. The molecule has 1 aliphatic rings. The summed E-state index contributed by atoms with van der Waals surface area (Å²) >= 11 is 0. The van der Waals surface area contributed by atoms with Crippen LogP contribution in [0.1, 0.15) is 25.1 Å². The highest BCUT2D eigenvalue weighted by molar-refractivity contribution is 5.93. The van der Waals surface area contributed by atoms with E-state index in [2.05, 4.69) is 11.1 Å². The quantitative estimate of drug-likeness (QED) is 0.502. The zero-order valence-electron chi connectivity index (χ0n) is 15.6. The van der Waals surface area contributed by atoms with Gasteiger partial charge in [0.2, 0.25) is 5.82 Å². The normalized spacial score (nSPS) is 15.6. The number of hydrogen-bond donors (Lipinski definition) is 0. The number of carbonyl (C=O) groups excluding carboxylic acids is 2. The minimum Gasteiger partial charge on any atom is -0.466 e. The highest BCUT2D eigenvalue weighted by Gasteiger charge is 2.38. The zero-order valence-corrected chi connectivity index (χ0v) is 15.6. The summed E-state index contributed by atoms with van der Waals surface area (Å²) in [7, 11) is 1.46. The van der Waals surface area contributed by atoms with Crippen LogP contribution in [0.5, 0.6) is 0 Å². The highest BCUT2D eigenvalue weighted by atomic mass is 16.7. The van der Waals surface area contributed by atoms with Gasteiger partial charge in [-0.2, -0.15) is 0 Å². The van der Waals surface area contributed by atoms with Crippen molar-refractivity contribution in [2.45, 2.75) is 19.4 Å². The minimum atomic E-state index is -0.461. The van der Waals surface area contributed by atoms with Crippen LogP contribution in [0, 0.1) is 0 Å². The van der Waals surface area contributed by atoms with Crippen LogP contribution >= 0.6 is 0 Å². The van der Waals surface area contributed by atoms with Gasteiger partial charge in [-0.05, 0) is 48.4 Å². The molecule has 3 aromatic rings. The lowest BCUT2D eigenvalue weighted by Crippen LogP contribution is -2.24. The lowest BCUT2D eigenvalue weighted by molar-refractivity contribution is -0.151. The van der Waals surface area contributed by atoms with E-state index in [1.807, 2.05) is 36.3 Å². The van der Waals surface area contributed by atoms with Gasteiger partial charge in [-0.25, -0.2) is 9.86 Å². The number of aromatic nitrogens is 2. The van der Waals surface area contributed by atoms with E-state index in [0.717, 1.165) is 27.7 Å². The first-order valence-corrected chi connectivity index (χ1v) is 8.98. The molecule has 0 saturated carbocycles. The van der Waals surface area contributed by atoms with Crippen molar-refractivity contribution in [3.05, 3.63) is 54.5 Å². The highest BCUT2D eigenvalue weighted by Crippen LogP contribution is 2.42. The number of nitrogens with zero attached hydrogens (tertiary/aromatic N) is 3. The van der Waals surface area contributed by atoms with Crippen molar-refractivity contribution in [1.82, 2.24) is 14.6 Å². The number of rotatable bonds is 5. The number of hydrogen-bond acceptors (Lipinski definition) is 6. The van der Waals surface area contributed by atoms with Gasteiger partial charge >= 0.3 is 5.97 Å². The topological polar surface area (TPSA) is 73.7 Å². The summed E-state index contributed by atoms with van der Waals surface area (Å²) in [6, 6.07) is 11.4. The van der Waals surface area contributed by atoms with Crippen LogP contribution in [0.15, 0.2) is 48.8 Å². The third-order valence-corrected chi connectivity index (χ3v) is 4.84. The van der Waals surface area contributed by atoms with E-state index in [4.69, 9.17) is 9.57 Å². The molecule has 4 rings (SSSR count). The first-order chi connectivity index (χ1) is 13.7. The van der Waals surface area contributed by atoms with Crippen LogP contribution in [0.3, 0.4) is 0 Å². The van der Waals surface area contributed by atoms with Gasteiger partial charge in [-0.3, -0.25) is 19.2 Å². The van der Waals surface area contributed by atoms with Crippen molar-refractivity contribution in [1.29, 1.82) is 0 Å². The lowest BCUT2D eigenvalue weighted by Gasteiger charge is -2.22. The Bertz CT molecular complexity index is 1080. The standard InChI is InChI=1S/C21H19N3O4/c1-3-28-21(26)12-19-18-11-16-10-15(14-6-8-22-9-7-14)4-5-17(16)23(18)20(13-25)24(19)27-2/h4-11,19H,3,12H2,1-2H3. The molecule has 2 aromatic heterocycles. The van der Waals surface area contributed by atoms with Crippen molar-refractivity contribution < 1.29 is 19.2 Å². The monoisotopic (exact) mass is 377 g/mol. The minimum absolute atomic E-state index is 0.0698. The average molecular weight is 377 g/mol. The van der Waals surface area contributed by atoms with E-state index in [1.165, 1.54) is 12.2 Å². The van der Waals surface area contributed by atoms with Crippen molar-refractivity contribution in [3.8, 4) is 11.1 Å². The fourth-order valence-corrected chi connectivity index (χ4v) is 3.68. The Kier molecular flexibility index (Phi) is 4.69. The third-order valence-electron chi connectivity index (χ3n) is 4.84. The lowest BCUT2D eigenvalue weighted by atomic mass is 10.0. The van der Waals surface area contributed by atoms with Gasteiger partial charge in [0.1, 0.15) is 6.04 Å². The summed E-state index contributed by atoms with van der Waals surface area (Å²) in [6.45, 7) is 2.06. The van der Waals surface area contributed by atoms with Crippen LogP contribution in [0.4, 0.5) is 0 Å². The predicted molar refractivity (Wildman–Crippen MR) is 103 cm³/mol.